The van der Waals surface area contributed by atoms with Gasteiger partial charge in [-0.1, -0.05) is 18.2 Å². The predicted molar refractivity (Wildman–Crippen MR) is 106 cm³/mol. The number of fused-ring (bicyclic) bond motifs is 1. The molecular weight excluding hydrogens is 357 g/mol. The number of rotatable bonds is 7. The van der Waals surface area contributed by atoms with Gasteiger partial charge in [-0.05, 0) is 36.1 Å². The van der Waals surface area contributed by atoms with Crippen molar-refractivity contribution in [1.82, 2.24) is 4.98 Å². The van der Waals surface area contributed by atoms with Crippen molar-refractivity contribution in [1.29, 1.82) is 0 Å². The molecule has 0 aliphatic carbocycles. The lowest BCUT2D eigenvalue weighted by atomic mass is 9.64. The fourth-order valence-corrected chi connectivity index (χ4v) is 3.57. The highest BCUT2D eigenvalue weighted by Crippen LogP contribution is 2.36. The monoisotopic (exact) mass is 381 g/mol. The van der Waals surface area contributed by atoms with Gasteiger partial charge in [-0.15, -0.1) is 0 Å². The van der Waals surface area contributed by atoms with Gasteiger partial charge in [-0.25, -0.2) is 0 Å². The van der Waals surface area contributed by atoms with Crippen molar-refractivity contribution in [2.24, 2.45) is 11.5 Å². The van der Waals surface area contributed by atoms with E-state index in [1.54, 1.807) is 18.3 Å². The third kappa shape index (κ3) is 4.30. The summed E-state index contributed by atoms with van der Waals surface area (Å²) in [5.74, 6) is -0.0976. The van der Waals surface area contributed by atoms with Crippen molar-refractivity contribution < 1.29 is 19.3 Å². The number of benzene rings is 1. The molecule has 0 saturated heterocycles. The summed E-state index contributed by atoms with van der Waals surface area (Å²) < 4.78 is 5.59. The van der Waals surface area contributed by atoms with Gasteiger partial charge in [0.25, 0.3) is 0 Å². The van der Waals surface area contributed by atoms with Crippen LogP contribution in [0.15, 0.2) is 30.5 Å². The summed E-state index contributed by atoms with van der Waals surface area (Å²) in [6, 6.07) is 7.17. The molecule has 1 atom stereocenters. The second kappa shape index (κ2) is 8.64. The van der Waals surface area contributed by atoms with Crippen LogP contribution in [0, 0.1) is 0 Å². The van der Waals surface area contributed by atoms with Gasteiger partial charge in [0, 0.05) is 37.9 Å². The summed E-state index contributed by atoms with van der Waals surface area (Å²) in [5.41, 5.74) is 15.0. The van der Waals surface area contributed by atoms with Gasteiger partial charge in [0.1, 0.15) is 11.5 Å². The fraction of sp³-hybridized carbons (Fsp3) is 0.350. The van der Waals surface area contributed by atoms with E-state index in [1.807, 2.05) is 12.1 Å². The van der Waals surface area contributed by atoms with E-state index in [2.05, 4.69) is 4.98 Å². The summed E-state index contributed by atoms with van der Waals surface area (Å²) >= 11 is 0. The number of hydrogen-bond donors (Lipinski definition) is 3. The number of nitrogens with two attached hydrogens (primary N) is 2. The van der Waals surface area contributed by atoms with Crippen molar-refractivity contribution in [3.63, 3.8) is 0 Å². The van der Waals surface area contributed by atoms with E-state index in [-0.39, 0.29) is 30.2 Å². The Labute approximate surface area is 164 Å². The first kappa shape index (κ1) is 20.2. The third-order valence-corrected chi connectivity index (χ3v) is 5.02. The Bertz CT molecular complexity index is 903. The molecule has 2 aromatic rings. The van der Waals surface area contributed by atoms with Gasteiger partial charge in [0.15, 0.2) is 5.78 Å². The van der Waals surface area contributed by atoms with Crippen molar-refractivity contribution in [2.75, 3.05) is 0 Å². The standard InChI is InChI=1S/C20H24BN3O4/c1-12(25)18-4-2-3-14-7-16(21(27)28-20(14)18)8-17(26)6-13-5-15(9-22)19(10-23)24-11-13/h2-5,11,16,27H,6-10,22-23H2,1H3/t16-/m1/s1. The van der Waals surface area contributed by atoms with E-state index in [1.165, 1.54) is 6.92 Å². The number of carbonyl (C=O) groups is 2. The van der Waals surface area contributed by atoms with Gasteiger partial charge < -0.3 is 21.1 Å². The summed E-state index contributed by atoms with van der Waals surface area (Å²) in [5, 5.41) is 10.4. The Morgan fingerprint density at radius 1 is 1.32 bits per heavy atom. The van der Waals surface area contributed by atoms with Crippen LogP contribution < -0.4 is 16.1 Å². The van der Waals surface area contributed by atoms with Crippen LogP contribution in [0.1, 0.15) is 46.1 Å². The Morgan fingerprint density at radius 2 is 2.11 bits per heavy atom. The van der Waals surface area contributed by atoms with E-state index in [4.69, 9.17) is 16.1 Å². The quantitative estimate of drug-likeness (QED) is 0.485. The van der Waals surface area contributed by atoms with Crippen LogP contribution in [0.3, 0.4) is 0 Å². The highest BCUT2D eigenvalue weighted by Gasteiger charge is 2.37. The topological polar surface area (TPSA) is 129 Å². The third-order valence-electron chi connectivity index (χ3n) is 5.02. The average molecular weight is 381 g/mol. The molecule has 3 rings (SSSR count). The molecule has 0 unspecified atom stereocenters. The number of nitrogens with zero attached hydrogens (tertiary/aromatic N) is 1. The molecular formula is C20H24BN3O4. The van der Waals surface area contributed by atoms with Crippen molar-refractivity contribution >= 4 is 18.7 Å². The van der Waals surface area contributed by atoms with Crippen molar-refractivity contribution in [3.8, 4) is 5.75 Å². The maximum Gasteiger partial charge on any atom is 0.526 e. The molecule has 8 heteroatoms. The minimum atomic E-state index is -1.13. The molecule has 0 spiro atoms. The minimum absolute atomic E-state index is 0.0240. The van der Waals surface area contributed by atoms with Crippen LogP contribution in [0.4, 0.5) is 0 Å². The molecule has 1 aliphatic rings. The Morgan fingerprint density at radius 3 is 2.79 bits per heavy atom. The molecule has 0 bridgehead atoms. The number of hydrogen-bond acceptors (Lipinski definition) is 7. The van der Waals surface area contributed by atoms with Crippen LogP contribution in [-0.4, -0.2) is 28.7 Å². The van der Waals surface area contributed by atoms with Crippen LogP contribution in [0.2, 0.25) is 5.82 Å². The number of aromatic nitrogens is 1. The molecule has 1 aromatic carbocycles. The molecule has 146 valence electrons. The number of Topliss-reactive ketones (excluding diaryl/α,β-unsaturated/α-hetero) is 2. The molecule has 0 radical (unpaired) electrons. The van der Waals surface area contributed by atoms with Gasteiger partial charge in [-0.3, -0.25) is 14.6 Å². The highest BCUT2D eigenvalue weighted by atomic mass is 16.5. The van der Waals surface area contributed by atoms with E-state index in [9.17, 15) is 14.6 Å². The highest BCUT2D eigenvalue weighted by molar-refractivity contribution is 6.47. The lowest BCUT2D eigenvalue weighted by Crippen LogP contribution is -2.36. The number of pyridine rings is 1. The lowest BCUT2D eigenvalue weighted by molar-refractivity contribution is -0.118. The Kier molecular flexibility index (Phi) is 6.23. The summed E-state index contributed by atoms with van der Waals surface area (Å²) in [6.45, 7) is 2.07. The maximum absolute atomic E-state index is 12.6. The van der Waals surface area contributed by atoms with Gasteiger partial charge >= 0.3 is 7.12 Å². The second-order valence-electron chi connectivity index (χ2n) is 7.10. The Hall–Kier alpha value is -2.55. The van der Waals surface area contributed by atoms with Gasteiger partial charge in [-0.2, -0.15) is 0 Å². The van der Waals surface area contributed by atoms with Gasteiger partial charge in [0.05, 0.1) is 11.3 Å². The van der Waals surface area contributed by atoms with Crippen molar-refractivity contribution in [2.45, 2.75) is 45.1 Å². The molecule has 7 nitrogen and oxygen atoms in total. The molecule has 28 heavy (non-hydrogen) atoms. The zero-order valence-electron chi connectivity index (χ0n) is 15.9. The van der Waals surface area contributed by atoms with Crippen LogP contribution >= 0.6 is 0 Å². The Balaban J connectivity index is 1.70. The smallest absolute Gasteiger partial charge is 0.526 e. The van der Waals surface area contributed by atoms with Crippen LogP contribution in [0.5, 0.6) is 5.75 Å². The average Bonchev–Trinajstić information content (AvgIpc) is 2.67. The fourth-order valence-electron chi connectivity index (χ4n) is 3.57. The first-order valence-electron chi connectivity index (χ1n) is 9.29. The molecule has 1 aliphatic heterocycles. The molecule has 0 saturated carbocycles. The SMILES string of the molecule is CC(=O)c1cccc2c1OB(O)[C@@H](CC(=O)Cc1cnc(CN)c(CN)c1)C2. The lowest BCUT2D eigenvalue weighted by Gasteiger charge is -2.28. The van der Waals surface area contributed by atoms with E-state index in [0.29, 0.717) is 30.8 Å². The van der Waals surface area contributed by atoms with Crippen LogP contribution in [-0.2, 0) is 30.7 Å². The van der Waals surface area contributed by atoms with Gasteiger partial charge in [0.2, 0.25) is 0 Å². The summed E-state index contributed by atoms with van der Waals surface area (Å²) in [7, 11) is -1.13. The number of ketones is 2. The van der Waals surface area contributed by atoms with E-state index in [0.717, 1.165) is 22.4 Å². The first-order valence-corrected chi connectivity index (χ1v) is 9.29. The zero-order valence-corrected chi connectivity index (χ0v) is 15.9. The van der Waals surface area contributed by atoms with E-state index >= 15 is 0 Å². The normalized spacial score (nSPS) is 15.7. The van der Waals surface area contributed by atoms with Crippen molar-refractivity contribution in [3.05, 3.63) is 58.4 Å². The molecule has 0 amide bonds. The van der Waals surface area contributed by atoms with E-state index < -0.39 is 7.12 Å². The molecule has 1 aromatic heterocycles. The summed E-state index contributed by atoms with van der Waals surface area (Å²) in [6.07, 6.45) is 2.49. The second-order valence-corrected chi connectivity index (χ2v) is 7.10. The number of para-hydroxylation sites is 1. The molecule has 2 heterocycles. The predicted octanol–water partition coefficient (Wildman–Crippen LogP) is 1.19. The van der Waals surface area contributed by atoms with Crippen LogP contribution in [0.25, 0.3) is 0 Å². The zero-order chi connectivity index (χ0) is 20.3. The molecule has 0 fully saturated rings. The largest absolute Gasteiger partial charge is 0.535 e. The minimum Gasteiger partial charge on any atom is -0.535 e. The first-order chi connectivity index (χ1) is 13.4. The maximum atomic E-state index is 12.6. The number of carbonyl (C=O) groups excluding carboxylic acids is 2. The summed E-state index contributed by atoms with van der Waals surface area (Å²) in [4.78, 5) is 28.6. The molecule has 5 N–H and O–H groups in total.